The number of carboxylic acid groups (broad SMARTS) is 1. The second-order valence-corrected chi connectivity index (χ2v) is 5.42. The lowest BCUT2D eigenvalue weighted by Gasteiger charge is -2.15. The molecule has 0 spiro atoms. The number of benzene rings is 1. The van der Waals surface area contributed by atoms with Crippen LogP contribution in [0.25, 0.3) is 10.9 Å². The zero-order valence-electron chi connectivity index (χ0n) is 12.6. The predicted octanol–water partition coefficient (Wildman–Crippen LogP) is 4.31. The molecule has 0 saturated carbocycles. The summed E-state index contributed by atoms with van der Waals surface area (Å²) in [5.41, 5.74) is 1.00. The molecule has 0 aliphatic carbocycles. The van der Waals surface area contributed by atoms with Crippen molar-refractivity contribution in [2.24, 2.45) is 0 Å². The number of hydrogen-bond acceptors (Lipinski definition) is 3. The van der Waals surface area contributed by atoms with Gasteiger partial charge in [-0.1, -0.05) is 44.4 Å². The maximum atomic E-state index is 11.4. The molecular weight excluding hydrogens is 264 g/mol. The second-order valence-electron chi connectivity index (χ2n) is 5.42. The number of aromatic carboxylic acids is 1. The standard InChI is InChI=1S/C17H22N2O2/c1-3-4-5-8-12(2)18-16-11-14(17(20)21)13-9-6-7-10-15(13)19-16/h6-7,9-12H,3-5,8H2,1-2H3,(H,18,19)(H,20,21). The average molecular weight is 286 g/mol. The molecule has 1 heterocycles. The fourth-order valence-electron chi connectivity index (χ4n) is 2.45. The van der Waals surface area contributed by atoms with Gasteiger partial charge in [-0.15, -0.1) is 0 Å². The van der Waals surface area contributed by atoms with E-state index in [0.29, 0.717) is 22.3 Å². The van der Waals surface area contributed by atoms with Gasteiger partial charge in [0.1, 0.15) is 5.82 Å². The Kier molecular flexibility index (Phi) is 5.14. The largest absolute Gasteiger partial charge is 0.478 e. The first-order chi connectivity index (χ1) is 10.1. The number of aromatic nitrogens is 1. The molecule has 0 radical (unpaired) electrons. The molecular formula is C17H22N2O2. The number of carboxylic acids is 1. The highest BCUT2D eigenvalue weighted by molar-refractivity contribution is 6.03. The maximum Gasteiger partial charge on any atom is 0.336 e. The highest BCUT2D eigenvalue weighted by atomic mass is 16.4. The zero-order chi connectivity index (χ0) is 15.2. The first-order valence-electron chi connectivity index (χ1n) is 7.51. The van der Waals surface area contributed by atoms with Gasteiger partial charge in [-0.25, -0.2) is 9.78 Å². The van der Waals surface area contributed by atoms with Crippen LogP contribution in [-0.2, 0) is 0 Å². The number of carbonyl (C=O) groups is 1. The molecule has 4 nitrogen and oxygen atoms in total. The van der Waals surface area contributed by atoms with Crippen LogP contribution < -0.4 is 5.32 Å². The monoisotopic (exact) mass is 286 g/mol. The number of anilines is 1. The van der Waals surface area contributed by atoms with Crippen molar-refractivity contribution < 1.29 is 9.90 Å². The lowest BCUT2D eigenvalue weighted by atomic mass is 10.1. The van der Waals surface area contributed by atoms with Crippen LogP contribution in [0.5, 0.6) is 0 Å². The minimum Gasteiger partial charge on any atom is -0.478 e. The summed E-state index contributed by atoms with van der Waals surface area (Å²) in [6.07, 6.45) is 4.65. The summed E-state index contributed by atoms with van der Waals surface area (Å²) in [6.45, 7) is 4.29. The molecule has 0 saturated heterocycles. The summed E-state index contributed by atoms with van der Waals surface area (Å²) < 4.78 is 0. The smallest absolute Gasteiger partial charge is 0.336 e. The van der Waals surface area contributed by atoms with Crippen LogP contribution in [0.1, 0.15) is 49.9 Å². The van der Waals surface area contributed by atoms with Gasteiger partial charge in [0.25, 0.3) is 0 Å². The Morgan fingerprint density at radius 2 is 2.10 bits per heavy atom. The van der Waals surface area contributed by atoms with E-state index in [1.807, 2.05) is 18.2 Å². The molecule has 2 rings (SSSR count). The Morgan fingerprint density at radius 3 is 2.81 bits per heavy atom. The molecule has 0 aliphatic heterocycles. The Morgan fingerprint density at radius 1 is 1.33 bits per heavy atom. The van der Waals surface area contributed by atoms with Crippen molar-refractivity contribution in [3.05, 3.63) is 35.9 Å². The van der Waals surface area contributed by atoms with Gasteiger partial charge in [-0.2, -0.15) is 0 Å². The van der Waals surface area contributed by atoms with Crippen molar-refractivity contribution in [1.29, 1.82) is 0 Å². The fourth-order valence-corrected chi connectivity index (χ4v) is 2.45. The Balaban J connectivity index is 2.22. The van der Waals surface area contributed by atoms with E-state index in [2.05, 4.69) is 24.1 Å². The minimum atomic E-state index is -0.921. The Labute approximate surface area is 125 Å². The van der Waals surface area contributed by atoms with E-state index in [0.717, 1.165) is 6.42 Å². The lowest BCUT2D eigenvalue weighted by molar-refractivity contribution is 0.0699. The number of para-hydroxylation sites is 1. The maximum absolute atomic E-state index is 11.4. The molecule has 0 fully saturated rings. The fraction of sp³-hybridized carbons (Fsp3) is 0.412. The SMILES string of the molecule is CCCCCC(C)Nc1cc(C(=O)O)c2ccccc2n1. The van der Waals surface area contributed by atoms with Crippen LogP contribution in [0.2, 0.25) is 0 Å². The first kappa shape index (κ1) is 15.3. The quantitative estimate of drug-likeness (QED) is 0.744. The molecule has 2 aromatic rings. The van der Waals surface area contributed by atoms with Crippen molar-refractivity contribution >= 4 is 22.7 Å². The first-order valence-corrected chi connectivity index (χ1v) is 7.51. The number of fused-ring (bicyclic) bond motifs is 1. The van der Waals surface area contributed by atoms with Crippen molar-refractivity contribution in [3.8, 4) is 0 Å². The summed E-state index contributed by atoms with van der Waals surface area (Å²) in [4.78, 5) is 15.9. The summed E-state index contributed by atoms with van der Waals surface area (Å²) in [6, 6.07) is 9.24. The Hall–Kier alpha value is -2.10. The van der Waals surface area contributed by atoms with E-state index in [1.165, 1.54) is 19.3 Å². The van der Waals surface area contributed by atoms with Gasteiger partial charge in [0.15, 0.2) is 0 Å². The van der Waals surface area contributed by atoms with Crippen molar-refractivity contribution in [2.45, 2.75) is 45.6 Å². The van der Waals surface area contributed by atoms with E-state index in [1.54, 1.807) is 12.1 Å². The van der Waals surface area contributed by atoms with Crippen LogP contribution >= 0.6 is 0 Å². The molecule has 4 heteroatoms. The van der Waals surface area contributed by atoms with E-state index in [-0.39, 0.29) is 6.04 Å². The number of nitrogens with one attached hydrogen (secondary N) is 1. The normalized spacial score (nSPS) is 12.3. The number of hydrogen-bond donors (Lipinski definition) is 2. The molecule has 0 aliphatic rings. The molecule has 1 unspecified atom stereocenters. The van der Waals surface area contributed by atoms with E-state index >= 15 is 0 Å². The third-order valence-electron chi connectivity index (χ3n) is 3.58. The van der Waals surface area contributed by atoms with Crippen molar-refractivity contribution in [2.75, 3.05) is 5.32 Å². The predicted molar refractivity (Wildman–Crippen MR) is 85.9 cm³/mol. The van der Waals surface area contributed by atoms with Crippen molar-refractivity contribution in [1.82, 2.24) is 4.98 Å². The topological polar surface area (TPSA) is 62.2 Å². The van der Waals surface area contributed by atoms with Crippen LogP contribution in [0.15, 0.2) is 30.3 Å². The van der Waals surface area contributed by atoms with Gasteiger partial charge in [0.2, 0.25) is 0 Å². The van der Waals surface area contributed by atoms with Crippen LogP contribution in [0.3, 0.4) is 0 Å². The van der Waals surface area contributed by atoms with Crippen LogP contribution in [0.4, 0.5) is 5.82 Å². The molecule has 1 aromatic heterocycles. The van der Waals surface area contributed by atoms with Gasteiger partial charge < -0.3 is 10.4 Å². The molecule has 2 N–H and O–H groups in total. The molecule has 112 valence electrons. The van der Waals surface area contributed by atoms with Gasteiger partial charge >= 0.3 is 5.97 Å². The van der Waals surface area contributed by atoms with Gasteiger partial charge in [-0.05, 0) is 25.5 Å². The zero-order valence-corrected chi connectivity index (χ0v) is 12.6. The second kappa shape index (κ2) is 7.07. The highest BCUT2D eigenvalue weighted by Crippen LogP contribution is 2.21. The van der Waals surface area contributed by atoms with Gasteiger partial charge in [0, 0.05) is 11.4 Å². The molecule has 0 amide bonds. The number of nitrogens with zero attached hydrogens (tertiary/aromatic N) is 1. The average Bonchev–Trinajstić information content (AvgIpc) is 2.46. The summed E-state index contributed by atoms with van der Waals surface area (Å²) >= 11 is 0. The minimum absolute atomic E-state index is 0.284. The summed E-state index contributed by atoms with van der Waals surface area (Å²) in [5, 5.41) is 13.3. The van der Waals surface area contributed by atoms with Gasteiger partial charge in [0.05, 0.1) is 11.1 Å². The molecule has 0 bridgehead atoms. The number of rotatable bonds is 7. The summed E-state index contributed by atoms with van der Waals surface area (Å²) in [7, 11) is 0. The Bertz CT molecular complexity index is 625. The van der Waals surface area contributed by atoms with Gasteiger partial charge in [-0.3, -0.25) is 0 Å². The molecule has 21 heavy (non-hydrogen) atoms. The summed E-state index contributed by atoms with van der Waals surface area (Å²) in [5.74, 6) is -0.287. The van der Waals surface area contributed by atoms with Crippen LogP contribution in [-0.4, -0.2) is 22.1 Å². The van der Waals surface area contributed by atoms with Crippen LogP contribution in [0, 0.1) is 0 Å². The lowest BCUT2D eigenvalue weighted by Crippen LogP contribution is -2.16. The van der Waals surface area contributed by atoms with Crippen molar-refractivity contribution in [3.63, 3.8) is 0 Å². The van der Waals surface area contributed by atoms with E-state index in [9.17, 15) is 9.90 Å². The third-order valence-corrected chi connectivity index (χ3v) is 3.58. The molecule has 1 atom stereocenters. The van der Waals surface area contributed by atoms with E-state index in [4.69, 9.17) is 0 Å². The number of unbranched alkanes of at least 4 members (excludes halogenated alkanes) is 2. The third kappa shape index (κ3) is 3.94. The number of pyridine rings is 1. The van der Waals surface area contributed by atoms with E-state index < -0.39 is 5.97 Å². The molecule has 1 aromatic carbocycles. The highest BCUT2D eigenvalue weighted by Gasteiger charge is 2.12.